The fourth-order valence-corrected chi connectivity index (χ4v) is 1.88. The number of nitrogens with two attached hydrogens (primary N) is 1. The molecule has 3 N–H and O–H groups in total. The summed E-state index contributed by atoms with van der Waals surface area (Å²) >= 11 is 0. The number of amides is 2. The van der Waals surface area contributed by atoms with Gasteiger partial charge in [0, 0.05) is 11.3 Å². The highest BCUT2D eigenvalue weighted by Crippen LogP contribution is 2.30. The first-order valence-electron chi connectivity index (χ1n) is 6.36. The van der Waals surface area contributed by atoms with Gasteiger partial charge in [-0.3, -0.25) is 9.59 Å². The van der Waals surface area contributed by atoms with Crippen molar-refractivity contribution >= 4 is 17.5 Å². The second-order valence-corrected chi connectivity index (χ2v) is 4.74. The zero-order valence-electron chi connectivity index (χ0n) is 11.7. The lowest BCUT2D eigenvalue weighted by molar-refractivity contribution is -0.137. The van der Waals surface area contributed by atoms with Crippen molar-refractivity contribution in [3.63, 3.8) is 0 Å². The molecule has 0 saturated carbocycles. The number of benzene rings is 2. The van der Waals surface area contributed by atoms with E-state index in [4.69, 9.17) is 5.73 Å². The highest BCUT2D eigenvalue weighted by atomic mass is 19.4. The second-order valence-electron chi connectivity index (χ2n) is 4.74. The molecule has 2 amide bonds. The maximum absolute atomic E-state index is 13.6. The number of carbonyl (C=O) groups is 2. The van der Waals surface area contributed by atoms with Crippen LogP contribution in [-0.4, -0.2) is 11.8 Å². The van der Waals surface area contributed by atoms with E-state index in [-0.39, 0.29) is 11.8 Å². The van der Waals surface area contributed by atoms with Gasteiger partial charge in [-0.15, -0.1) is 0 Å². The minimum Gasteiger partial charge on any atom is -0.366 e. The SMILES string of the molecule is NC(=O)c1ccc(NC(=O)c2cc(F)cc(C(F)(F)F)c2)cc1F. The van der Waals surface area contributed by atoms with Crippen molar-refractivity contribution in [2.24, 2.45) is 5.73 Å². The van der Waals surface area contributed by atoms with Gasteiger partial charge in [0.25, 0.3) is 11.8 Å². The summed E-state index contributed by atoms with van der Waals surface area (Å²) in [6.07, 6.45) is -4.83. The number of carbonyl (C=O) groups excluding carboxylic acids is 2. The number of alkyl halides is 3. The highest BCUT2D eigenvalue weighted by molar-refractivity contribution is 6.04. The molecule has 0 aliphatic rings. The summed E-state index contributed by atoms with van der Waals surface area (Å²) < 4.78 is 64.7. The van der Waals surface area contributed by atoms with Crippen molar-refractivity contribution in [2.75, 3.05) is 5.32 Å². The molecule has 0 aliphatic heterocycles. The summed E-state index contributed by atoms with van der Waals surface area (Å²) in [4.78, 5) is 22.8. The Hall–Kier alpha value is -2.97. The van der Waals surface area contributed by atoms with Crippen LogP contribution in [0.25, 0.3) is 0 Å². The topological polar surface area (TPSA) is 72.2 Å². The summed E-state index contributed by atoms with van der Waals surface area (Å²) in [6, 6.07) is 4.22. The van der Waals surface area contributed by atoms with Gasteiger partial charge in [-0.2, -0.15) is 13.2 Å². The summed E-state index contributed by atoms with van der Waals surface area (Å²) in [6.45, 7) is 0. The summed E-state index contributed by atoms with van der Waals surface area (Å²) in [5.74, 6) is -4.36. The van der Waals surface area contributed by atoms with E-state index in [0.717, 1.165) is 18.2 Å². The Balaban J connectivity index is 2.29. The van der Waals surface area contributed by atoms with Crippen LogP contribution in [0.1, 0.15) is 26.3 Å². The van der Waals surface area contributed by atoms with Crippen molar-refractivity contribution < 1.29 is 31.5 Å². The van der Waals surface area contributed by atoms with Crippen molar-refractivity contribution in [3.05, 3.63) is 64.7 Å². The number of rotatable bonds is 3. The fourth-order valence-electron chi connectivity index (χ4n) is 1.88. The van der Waals surface area contributed by atoms with Crippen LogP contribution in [0.2, 0.25) is 0 Å². The van der Waals surface area contributed by atoms with E-state index < -0.39 is 46.3 Å². The number of nitrogens with one attached hydrogen (secondary N) is 1. The summed E-state index contributed by atoms with van der Waals surface area (Å²) in [5.41, 5.74) is 2.43. The number of anilines is 1. The molecule has 0 aliphatic carbocycles. The summed E-state index contributed by atoms with van der Waals surface area (Å²) in [5, 5.41) is 2.11. The van der Waals surface area contributed by atoms with Gasteiger partial charge in [-0.1, -0.05) is 0 Å². The number of halogens is 5. The van der Waals surface area contributed by atoms with Gasteiger partial charge in [0.05, 0.1) is 11.1 Å². The molecule has 2 aromatic rings. The molecule has 0 aromatic heterocycles. The van der Waals surface area contributed by atoms with Crippen molar-refractivity contribution in [1.82, 2.24) is 0 Å². The predicted octanol–water partition coefficient (Wildman–Crippen LogP) is 3.33. The Bertz CT molecular complexity index is 818. The highest BCUT2D eigenvalue weighted by Gasteiger charge is 2.32. The monoisotopic (exact) mass is 344 g/mol. The fraction of sp³-hybridized carbons (Fsp3) is 0.0667. The Morgan fingerprint density at radius 2 is 1.67 bits per heavy atom. The molecular weight excluding hydrogens is 335 g/mol. The quantitative estimate of drug-likeness (QED) is 0.839. The molecule has 0 atom stereocenters. The molecule has 9 heteroatoms. The smallest absolute Gasteiger partial charge is 0.366 e. The van der Waals surface area contributed by atoms with E-state index in [1.807, 2.05) is 0 Å². The zero-order chi connectivity index (χ0) is 18.1. The molecule has 2 rings (SSSR count). The molecule has 0 bridgehead atoms. The third-order valence-electron chi connectivity index (χ3n) is 2.98. The molecule has 0 spiro atoms. The molecule has 0 heterocycles. The Morgan fingerprint density at radius 1 is 1.00 bits per heavy atom. The molecule has 0 radical (unpaired) electrons. The van der Waals surface area contributed by atoms with Crippen molar-refractivity contribution in [1.29, 1.82) is 0 Å². The molecule has 2 aromatic carbocycles. The van der Waals surface area contributed by atoms with E-state index in [1.165, 1.54) is 0 Å². The Labute approximate surface area is 132 Å². The Morgan fingerprint density at radius 3 is 2.21 bits per heavy atom. The molecule has 4 nitrogen and oxygen atoms in total. The van der Waals surface area contributed by atoms with Crippen LogP contribution in [-0.2, 0) is 6.18 Å². The van der Waals surface area contributed by atoms with Gasteiger partial charge in [-0.25, -0.2) is 8.78 Å². The van der Waals surface area contributed by atoms with Gasteiger partial charge in [0.15, 0.2) is 0 Å². The molecule has 0 unspecified atom stereocenters. The first-order chi connectivity index (χ1) is 11.1. The maximum Gasteiger partial charge on any atom is 0.416 e. The minimum absolute atomic E-state index is 0.139. The minimum atomic E-state index is -4.83. The molecule has 0 saturated heterocycles. The number of primary amides is 1. The van der Waals surface area contributed by atoms with Crippen LogP contribution in [0.3, 0.4) is 0 Å². The maximum atomic E-state index is 13.6. The van der Waals surface area contributed by atoms with Crippen LogP contribution in [0.15, 0.2) is 36.4 Å². The molecular formula is C15H9F5N2O2. The first kappa shape index (κ1) is 17.4. The average Bonchev–Trinajstić information content (AvgIpc) is 2.45. The van der Waals surface area contributed by atoms with Gasteiger partial charge in [0.1, 0.15) is 11.6 Å². The molecule has 0 fully saturated rings. The lowest BCUT2D eigenvalue weighted by Crippen LogP contribution is -2.16. The van der Waals surface area contributed by atoms with Gasteiger partial charge in [-0.05, 0) is 36.4 Å². The van der Waals surface area contributed by atoms with E-state index in [9.17, 15) is 31.5 Å². The van der Waals surface area contributed by atoms with E-state index >= 15 is 0 Å². The van der Waals surface area contributed by atoms with E-state index in [2.05, 4.69) is 5.32 Å². The van der Waals surface area contributed by atoms with Gasteiger partial charge in [0.2, 0.25) is 0 Å². The third kappa shape index (κ3) is 3.86. The lowest BCUT2D eigenvalue weighted by Gasteiger charge is -2.10. The molecule has 126 valence electrons. The number of hydrogen-bond acceptors (Lipinski definition) is 2. The predicted molar refractivity (Wildman–Crippen MR) is 74.3 cm³/mol. The van der Waals surface area contributed by atoms with Gasteiger partial charge >= 0.3 is 6.18 Å². The van der Waals surface area contributed by atoms with E-state index in [1.54, 1.807) is 0 Å². The van der Waals surface area contributed by atoms with Crippen LogP contribution in [0, 0.1) is 11.6 Å². The average molecular weight is 344 g/mol. The molecule has 24 heavy (non-hydrogen) atoms. The van der Waals surface area contributed by atoms with Gasteiger partial charge < -0.3 is 11.1 Å². The normalized spacial score (nSPS) is 11.2. The largest absolute Gasteiger partial charge is 0.416 e. The lowest BCUT2D eigenvalue weighted by atomic mass is 10.1. The second kappa shape index (κ2) is 6.26. The summed E-state index contributed by atoms with van der Waals surface area (Å²) in [7, 11) is 0. The Kier molecular flexibility index (Phi) is 4.54. The third-order valence-corrected chi connectivity index (χ3v) is 2.98. The van der Waals surface area contributed by atoms with Crippen LogP contribution in [0.4, 0.5) is 27.6 Å². The zero-order valence-corrected chi connectivity index (χ0v) is 11.7. The van der Waals surface area contributed by atoms with Crippen molar-refractivity contribution in [2.45, 2.75) is 6.18 Å². The van der Waals surface area contributed by atoms with E-state index in [0.29, 0.717) is 12.1 Å². The first-order valence-corrected chi connectivity index (χ1v) is 6.36. The standard InChI is InChI=1S/C15H9F5N2O2/c16-9-4-7(3-8(5-9)15(18,19)20)14(24)22-10-1-2-11(13(21)23)12(17)6-10/h1-6H,(H2,21,23)(H,22,24). The van der Waals surface area contributed by atoms with Crippen molar-refractivity contribution in [3.8, 4) is 0 Å². The number of hydrogen-bond donors (Lipinski definition) is 2. The van der Waals surface area contributed by atoms with Crippen LogP contribution >= 0.6 is 0 Å². The van der Waals surface area contributed by atoms with Crippen LogP contribution < -0.4 is 11.1 Å². The van der Waals surface area contributed by atoms with Crippen LogP contribution in [0.5, 0.6) is 0 Å².